The van der Waals surface area contributed by atoms with Gasteiger partial charge in [-0.25, -0.2) is 4.98 Å². The molecule has 3 aromatic rings. The Labute approximate surface area is 129 Å². The number of thiazole rings is 1. The molecule has 0 atom stereocenters. The van der Waals surface area contributed by atoms with E-state index in [1.54, 1.807) is 11.3 Å². The molecule has 3 rings (SSSR count). The first-order valence-corrected chi connectivity index (χ1v) is 7.95. The summed E-state index contributed by atoms with van der Waals surface area (Å²) in [5.74, 6) is 0. The van der Waals surface area contributed by atoms with Crippen molar-refractivity contribution in [1.82, 2.24) is 10.3 Å². The maximum absolute atomic E-state index is 4.32. The lowest BCUT2D eigenvalue weighted by Crippen LogP contribution is -2.21. The van der Waals surface area contributed by atoms with Gasteiger partial charge in [-0.3, -0.25) is 0 Å². The molecular formula is C18H18N2S. The second kappa shape index (κ2) is 6.66. The predicted molar refractivity (Wildman–Crippen MR) is 88.4 cm³/mol. The van der Waals surface area contributed by atoms with E-state index in [-0.39, 0.29) is 6.04 Å². The maximum Gasteiger partial charge on any atom is 0.0798 e. The van der Waals surface area contributed by atoms with Crippen LogP contribution in [0, 0.1) is 6.92 Å². The number of hydrogen-bond acceptors (Lipinski definition) is 3. The van der Waals surface area contributed by atoms with Crippen LogP contribution in [-0.2, 0) is 6.54 Å². The van der Waals surface area contributed by atoms with E-state index >= 15 is 0 Å². The number of nitrogens with one attached hydrogen (secondary N) is 1. The summed E-state index contributed by atoms with van der Waals surface area (Å²) in [6, 6.07) is 21.3. The van der Waals surface area contributed by atoms with Crippen molar-refractivity contribution in [3.8, 4) is 0 Å². The molecule has 0 aliphatic rings. The molecule has 0 bridgehead atoms. The molecule has 1 N–H and O–H groups in total. The summed E-state index contributed by atoms with van der Waals surface area (Å²) in [7, 11) is 0. The second-order valence-electron chi connectivity index (χ2n) is 5.00. The van der Waals surface area contributed by atoms with Gasteiger partial charge in [-0.15, -0.1) is 11.3 Å². The molecule has 1 heterocycles. The molecule has 1 aromatic heterocycles. The van der Waals surface area contributed by atoms with Crippen LogP contribution in [0.3, 0.4) is 0 Å². The zero-order chi connectivity index (χ0) is 14.5. The number of rotatable bonds is 5. The number of hydrogen-bond donors (Lipinski definition) is 1. The highest BCUT2D eigenvalue weighted by Crippen LogP contribution is 2.23. The van der Waals surface area contributed by atoms with Crippen molar-refractivity contribution in [3.63, 3.8) is 0 Å². The van der Waals surface area contributed by atoms with Crippen LogP contribution in [0.1, 0.15) is 27.7 Å². The molecule has 0 saturated heterocycles. The molecule has 0 unspecified atom stereocenters. The third-order valence-electron chi connectivity index (χ3n) is 3.58. The number of aryl methyl sites for hydroxylation is 1. The number of benzene rings is 2. The van der Waals surface area contributed by atoms with Gasteiger partial charge in [-0.05, 0) is 18.1 Å². The van der Waals surface area contributed by atoms with Gasteiger partial charge in [0.1, 0.15) is 0 Å². The van der Waals surface area contributed by atoms with E-state index in [1.807, 2.05) is 5.51 Å². The number of aromatic nitrogens is 1. The Hall–Kier alpha value is -1.97. The molecule has 0 saturated carbocycles. The topological polar surface area (TPSA) is 24.9 Å². The second-order valence-corrected chi connectivity index (χ2v) is 5.94. The van der Waals surface area contributed by atoms with Crippen molar-refractivity contribution in [3.05, 3.63) is 87.9 Å². The van der Waals surface area contributed by atoms with E-state index < -0.39 is 0 Å². The Bertz CT molecular complexity index is 637. The lowest BCUT2D eigenvalue weighted by Gasteiger charge is -2.19. The SMILES string of the molecule is Cc1ncsc1CNC(c1ccccc1)c1ccccc1. The molecule has 0 spiro atoms. The largest absolute Gasteiger partial charge is 0.301 e. The molecule has 21 heavy (non-hydrogen) atoms. The van der Waals surface area contributed by atoms with E-state index in [1.165, 1.54) is 16.0 Å². The molecule has 2 nitrogen and oxygen atoms in total. The van der Waals surface area contributed by atoms with Crippen LogP contribution in [0.25, 0.3) is 0 Å². The number of nitrogens with zero attached hydrogens (tertiary/aromatic N) is 1. The summed E-state index contributed by atoms with van der Waals surface area (Å²) in [5.41, 5.74) is 5.59. The van der Waals surface area contributed by atoms with Crippen LogP contribution >= 0.6 is 11.3 Å². The van der Waals surface area contributed by atoms with Crippen molar-refractivity contribution >= 4 is 11.3 Å². The summed E-state index contributed by atoms with van der Waals surface area (Å²) in [6.45, 7) is 2.90. The molecular weight excluding hydrogens is 276 g/mol. The van der Waals surface area contributed by atoms with Crippen LogP contribution in [0.2, 0.25) is 0 Å². The minimum absolute atomic E-state index is 0.203. The minimum Gasteiger partial charge on any atom is -0.301 e. The molecule has 106 valence electrons. The van der Waals surface area contributed by atoms with Gasteiger partial charge in [-0.2, -0.15) is 0 Å². The zero-order valence-corrected chi connectivity index (χ0v) is 12.8. The van der Waals surface area contributed by atoms with Gasteiger partial charge < -0.3 is 5.32 Å². The van der Waals surface area contributed by atoms with E-state index in [4.69, 9.17) is 0 Å². The van der Waals surface area contributed by atoms with Crippen molar-refractivity contribution in [1.29, 1.82) is 0 Å². The summed E-state index contributed by atoms with van der Waals surface area (Å²) < 4.78 is 0. The zero-order valence-electron chi connectivity index (χ0n) is 12.0. The van der Waals surface area contributed by atoms with Crippen molar-refractivity contribution < 1.29 is 0 Å². The van der Waals surface area contributed by atoms with Gasteiger partial charge in [0.05, 0.1) is 17.2 Å². The Morgan fingerprint density at radius 3 is 2.00 bits per heavy atom. The van der Waals surface area contributed by atoms with Crippen LogP contribution in [0.5, 0.6) is 0 Å². The standard InChI is InChI=1S/C18H18N2S/c1-14-17(21-13-20-14)12-19-18(15-8-4-2-5-9-15)16-10-6-3-7-11-16/h2-11,13,18-19H,12H2,1H3. The first-order chi connectivity index (χ1) is 10.3. The average Bonchev–Trinajstić information content (AvgIpc) is 2.95. The van der Waals surface area contributed by atoms with E-state index in [9.17, 15) is 0 Å². The lowest BCUT2D eigenvalue weighted by molar-refractivity contribution is 0.608. The van der Waals surface area contributed by atoms with Crippen molar-refractivity contribution in [2.24, 2.45) is 0 Å². The lowest BCUT2D eigenvalue weighted by atomic mass is 9.99. The van der Waals surface area contributed by atoms with Crippen LogP contribution in [0.4, 0.5) is 0 Å². The molecule has 0 aliphatic carbocycles. The fourth-order valence-electron chi connectivity index (χ4n) is 2.41. The van der Waals surface area contributed by atoms with Crippen LogP contribution in [0.15, 0.2) is 66.2 Å². The summed E-state index contributed by atoms with van der Waals surface area (Å²) in [4.78, 5) is 5.62. The summed E-state index contributed by atoms with van der Waals surface area (Å²) in [5, 5.41) is 3.67. The Balaban J connectivity index is 1.85. The normalized spacial score (nSPS) is 11.0. The Kier molecular flexibility index (Phi) is 4.43. The highest BCUT2D eigenvalue weighted by Gasteiger charge is 2.13. The minimum atomic E-state index is 0.203. The molecule has 0 radical (unpaired) electrons. The summed E-state index contributed by atoms with van der Waals surface area (Å²) in [6.07, 6.45) is 0. The molecule has 0 fully saturated rings. The average molecular weight is 294 g/mol. The smallest absolute Gasteiger partial charge is 0.0798 e. The highest BCUT2D eigenvalue weighted by atomic mass is 32.1. The molecule has 0 amide bonds. The highest BCUT2D eigenvalue weighted by molar-refractivity contribution is 7.09. The van der Waals surface area contributed by atoms with Gasteiger partial charge >= 0.3 is 0 Å². The van der Waals surface area contributed by atoms with Gasteiger partial charge in [0.25, 0.3) is 0 Å². The van der Waals surface area contributed by atoms with Crippen molar-refractivity contribution in [2.75, 3.05) is 0 Å². The fraction of sp³-hybridized carbons (Fsp3) is 0.167. The van der Waals surface area contributed by atoms with Crippen LogP contribution < -0.4 is 5.32 Å². The third-order valence-corrected chi connectivity index (χ3v) is 4.51. The summed E-state index contributed by atoms with van der Waals surface area (Å²) >= 11 is 1.71. The van der Waals surface area contributed by atoms with E-state index in [0.29, 0.717) is 0 Å². The first kappa shape index (κ1) is 14.0. The van der Waals surface area contributed by atoms with Gasteiger partial charge in [0, 0.05) is 11.4 Å². The third kappa shape index (κ3) is 3.38. The predicted octanol–water partition coefficient (Wildman–Crippen LogP) is 4.33. The molecule has 0 aliphatic heterocycles. The van der Waals surface area contributed by atoms with Gasteiger partial charge in [-0.1, -0.05) is 60.7 Å². The quantitative estimate of drug-likeness (QED) is 0.757. The molecule has 2 aromatic carbocycles. The Morgan fingerprint density at radius 2 is 1.52 bits per heavy atom. The first-order valence-electron chi connectivity index (χ1n) is 7.07. The van der Waals surface area contributed by atoms with Crippen molar-refractivity contribution in [2.45, 2.75) is 19.5 Å². The molecule has 3 heteroatoms. The maximum atomic E-state index is 4.32. The van der Waals surface area contributed by atoms with Crippen LogP contribution in [-0.4, -0.2) is 4.98 Å². The van der Waals surface area contributed by atoms with Gasteiger partial charge in [0.2, 0.25) is 0 Å². The monoisotopic (exact) mass is 294 g/mol. The van der Waals surface area contributed by atoms with E-state index in [2.05, 4.69) is 77.9 Å². The fourth-order valence-corrected chi connectivity index (χ4v) is 3.14. The van der Waals surface area contributed by atoms with E-state index in [0.717, 1.165) is 12.2 Å². The van der Waals surface area contributed by atoms with Gasteiger partial charge in [0.15, 0.2) is 0 Å². The Morgan fingerprint density at radius 1 is 0.952 bits per heavy atom.